The van der Waals surface area contributed by atoms with Crippen LogP contribution in [-0.2, 0) is 16.6 Å². The van der Waals surface area contributed by atoms with Crippen LogP contribution in [0.25, 0.3) is 0 Å². The number of fused-ring (bicyclic) bond motifs is 2. The van der Waals surface area contributed by atoms with Crippen molar-refractivity contribution in [1.82, 2.24) is 19.9 Å². The predicted molar refractivity (Wildman–Crippen MR) is 107 cm³/mol. The fourth-order valence-corrected chi connectivity index (χ4v) is 4.42. The van der Waals surface area contributed by atoms with Gasteiger partial charge in [0.1, 0.15) is 0 Å². The quantitative estimate of drug-likeness (QED) is 0.733. The van der Waals surface area contributed by atoms with Crippen molar-refractivity contribution in [1.29, 1.82) is 0 Å². The second-order valence-corrected chi connectivity index (χ2v) is 8.00. The minimum atomic E-state index is -0.500. The lowest BCUT2D eigenvalue weighted by Gasteiger charge is -2.40. The highest BCUT2D eigenvalue weighted by Crippen LogP contribution is 2.44. The van der Waals surface area contributed by atoms with Crippen molar-refractivity contribution < 1.29 is 14.3 Å². The summed E-state index contributed by atoms with van der Waals surface area (Å²) in [4.78, 5) is 42.1. The number of aryl methyl sites for hydroxylation is 1. The number of piperidine rings is 1. The van der Waals surface area contributed by atoms with E-state index < -0.39 is 5.97 Å². The summed E-state index contributed by atoms with van der Waals surface area (Å²) < 4.78 is 4.74. The molecule has 1 unspecified atom stereocenters. The maximum absolute atomic E-state index is 13.2. The number of aromatic nitrogens is 3. The average Bonchev–Trinajstić information content (AvgIpc) is 3.09. The van der Waals surface area contributed by atoms with E-state index in [1.54, 1.807) is 6.07 Å². The third-order valence-electron chi connectivity index (χ3n) is 5.90. The number of esters is 1. The standard InChI is InChI=1S/C21H25N5O3/c1-25(2)20-23-12-14-5-7-21(17(14)24-20)6-4-8-26(13-21)18(27)15-9-16(11-22-10-15)19(28)29-3/h9-12H,4-8,13H2,1-3H3. The molecule has 29 heavy (non-hydrogen) atoms. The first-order chi connectivity index (χ1) is 13.9. The molecule has 1 amide bonds. The zero-order valence-corrected chi connectivity index (χ0v) is 17.0. The van der Waals surface area contributed by atoms with Crippen molar-refractivity contribution in [2.45, 2.75) is 31.1 Å². The minimum absolute atomic E-state index is 0.113. The van der Waals surface area contributed by atoms with E-state index in [0.29, 0.717) is 24.6 Å². The van der Waals surface area contributed by atoms with Crippen molar-refractivity contribution in [2.75, 3.05) is 39.2 Å². The number of rotatable bonds is 3. The van der Waals surface area contributed by atoms with Gasteiger partial charge in [-0.1, -0.05) is 0 Å². The number of carbonyl (C=O) groups is 2. The van der Waals surface area contributed by atoms with Gasteiger partial charge in [0.15, 0.2) is 0 Å². The van der Waals surface area contributed by atoms with Crippen molar-refractivity contribution in [3.63, 3.8) is 0 Å². The molecule has 2 aromatic heterocycles. The number of pyridine rings is 1. The molecule has 2 aromatic rings. The van der Waals surface area contributed by atoms with E-state index >= 15 is 0 Å². The smallest absolute Gasteiger partial charge is 0.339 e. The monoisotopic (exact) mass is 395 g/mol. The van der Waals surface area contributed by atoms with Gasteiger partial charge in [-0.3, -0.25) is 9.78 Å². The number of hydrogen-bond acceptors (Lipinski definition) is 7. The highest BCUT2D eigenvalue weighted by Gasteiger charge is 2.45. The molecule has 1 spiro atoms. The molecule has 4 rings (SSSR count). The van der Waals surface area contributed by atoms with Crippen LogP contribution in [0.15, 0.2) is 24.7 Å². The van der Waals surface area contributed by atoms with Crippen molar-refractivity contribution in [3.8, 4) is 0 Å². The number of carbonyl (C=O) groups excluding carboxylic acids is 2. The molecule has 1 atom stereocenters. The molecule has 3 heterocycles. The second kappa shape index (κ2) is 7.42. The molecule has 0 aromatic carbocycles. The van der Waals surface area contributed by atoms with Crippen LogP contribution in [0.5, 0.6) is 0 Å². The molecule has 2 aliphatic rings. The predicted octanol–water partition coefficient (Wildman–Crippen LogP) is 1.84. The third-order valence-corrected chi connectivity index (χ3v) is 5.90. The first-order valence-electron chi connectivity index (χ1n) is 9.80. The van der Waals surface area contributed by atoms with Crippen LogP contribution in [0.2, 0.25) is 0 Å². The van der Waals surface area contributed by atoms with Gasteiger partial charge in [-0.2, -0.15) is 0 Å². The maximum atomic E-state index is 13.2. The lowest BCUT2D eigenvalue weighted by molar-refractivity contribution is 0.0600. The summed E-state index contributed by atoms with van der Waals surface area (Å²) in [5, 5.41) is 0. The molecule has 0 N–H and O–H groups in total. The Labute approximate surface area is 169 Å². The Bertz CT molecular complexity index is 957. The molecule has 8 heteroatoms. The van der Waals surface area contributed by atoms with Gasteiger partial charge in [0.25, 0.3) is 5.91 Å². The van der Waals surface area contributed by atoms with Gasteiger partial charge in [-0.15, -0.1) is 0 Å². The largest absolute Gasteiger partial charge is 0.465 e. The van der Waals surface area contributed by atoms with Gasteiger partial charge in [0.2, 0.25) is 5.95 Å². The van der Waals surface area contributed by atoms with Crippen molar-refractivity contribution in [3.05, 3.63) is 47.0 Å². The van der Waals surface area contributed by atoms with Crippen LogP contribution in [0.3, 0.4) is 0 Å². The summed E-state index contributed by atoms with van der Waals surface area (Å²) in [6.45, 7) is 1.30. The van der Waals surface area contributed by atoms with Gasteiger partial charge in [-0.25, -0.2) is 14.8 Å². The van der Waals surface area contributed by atoms with E-state index in [-0.39, 0.29) is 16.9 Å². The van der Waals surface area contributed by atoms with E-state index in [9.17, 15) is 9.59 Å². The lowest BCUT2D eigenvalue weighted by atomic mass is 9.77. The summed E-state index contributed by atoms with van der Waals surface area (Å²) in [6, 6.07) is 1.55. The fourth-order valence-electron chi connectivity index (χ4n) is 4.42. The highest BCUT2D eigenvalue weighted by molar-refractivity contribution is 5.97. The van der Waals surface area contributed by atoms with Crippen LogP contribution in [0.4, 0.5) is 5.95 Å². The molecule has 1 aliphatic carbocycles. The highest BCUT2D eigenvalue weighted by atomic mass is 16.5. The number of methoxy groups -OCH3 is 1. The molecule has 152 valence electrons. The summed E-state index contributed by atoms with van der Waals surface area (Å²) in [5.74, 6) is 0.0843. The Kier molecular flexibility index (Phi) is 4.94. The number of ether oxygens (including phenoxy) is 1. The van der Waals surface area contributed by atoms with Gasteiger partial charge in [-0.05, 0) is 37.3 Å². The van der Waals surface area contributed by atoms with Crippen LogP contribution < -0.4 is 4.90 Å². The summed E-state index contributed by atoms with van der Waals surface area (Å²) >= 11 is 0. The van der Waals surface area contributed by atoms with Crippen LogP contribution in [0.1, 0.15) is 51.2 Å². The molecule has 8 nitrogen and oxygen atoms in total. The number of likely N-dealkylation sites (tertiary alicyclic amines) is 1. The molecular weight excluding hydrogens is 370 g/mol. The molecular formula is C21H25N5O3. The van der Waals surface area contributed by atoms with Gasteiger partial charge in [0, 0.05) is 51.2 Å². The van der Waals surface area contributed by atoms with Crippen LogP contribution in [0, 0.1) is 0 Å². The number of nitrogens with zero attached hydrogens (tertiary/aromatic N) is 5. The number of anilines is 1. The van der Waals surface area contributed by atoms with Crippen LogP contribution in [-0.4, -0.2) is 66.0 Å². The van der Waals surface area contributed by atoms with Crippen molar-refractivity contribution >= 4 is 17.8 Å². The van der Waals surface area contributed by atoms with E-state index in [4.69, 9.17) is 9.72 Å². The second-order valence-electron chi connectivity index (χ2n) is 8.00. The Balaban J connectivity index is 1.61. The minimum Gasteiger partial charge on any atom is -0.465 e. The fraction of sp³-hybridized carbons (Fsp3) is 0.476. The average molecular weight is 395 g/mol. The Morgan fingerprint density at radius 3 is 2.72 bits per heavy atom. The van der Waals surface area contributed by atoms with E-state index in [0.717, 1.165) is 31.4 Å². The molecule has 0 bridgehead atoms. The third kappa shape index (κ3) is 3.43. The molecule has 0 saturated carbocycles. The van der Waals surface area contributed by atoms with E-state index in [1.165, 1.54) is 25.1 Å². The van der Waals surface area contributed by atoms with Gasteiger partial charge in [0.05, 0.1) is 23.9 Å². The normalized spacial score (nSPS) is 20.4. The Hall–Kier alpha value is -3.03. The summed E-state index contributed by atoms with van der Waals surface area (Å²) in [6.07, 6.45) is 8.67. The van der Waals surface area contributed by atoms with E-state index in [1.807, 2.05) is 30.1 Å². The first-order valence-corrected chi connectivity index (χ1v) is 9.80. The Morgan fingerprint density at radius 1 is 1.17 bits per heavy atom. The van der Waals surface area contributed by atoms with E-state index in [2.05, 4.69) is 9.97 Å². The molecule has 1 aliphatic heterocycles. The zero-order chi connectivity index (χ0) is 20.6. The number of hydrogen-bond donors (Lipinski definition) is 0. The first kappa shape index (κ1) is 19.3. The molecule has 1 fully saturated rings. The zero-order valence-electron chi connectivity index (χ0n) is 17.0. The van der Waals surface area contributed by atoms with Gasteiger partial charge >= 0.3 is 5.97 Å². The molecule has 0 radical (unpaired) electrons. The lowest BCUT2D eigenvalue weighted by Crippen LogP contribution is -2.48. The van der Waals surface area contributed by atoms with Gasteiger partial charge < -0.3 is 14.5 Å². The van der Waals surface area contributed by atoms with Crippen molar-refractivity contribution in [2.24, 2.45) is 0 Å². The Morgan fingerprint density at radius 2 is 1.97 bits per heavy atom. The summed E-state index contributed by atoms with van der Waals surface area (Å²) in [5.41, 5.74) is 2.80. The topological polar surface area (TPSA) is 88.5 Å². The molecule has 1 saturated heterocycles. The van der Waals surface area contributed by atoms with Crippen LogP contribution >= 0.6 is 0 Å². The maximum Gasteiger partial charge on any atom is 0.339 e. The number of amides is 1. The SMILES string of the molecule is COC(=O)c1cncc(C(=O)N2CCCC3(CCc4cnc(N(C)C)nc43)C2)c1. The summed E-state index contributed by atoms with van der Waals surface area (Å²) in [7, 11) is 5.18.